The van der Waals surface area contributed by atoms with Crippen molar-refractivity contribution in [3.8, 4) is 0 Å². The van der Waals surface area contributed by atoms with Crippen LogP contribution >= 0.6 is 7.36 Å². The maximum atomic E-state index is 4.91. The summed E-state index contributed by atoms with van der Waals surface area (Å²) in [5.74, 6) is 0. The molecule has 0 bridgehead atoms. The van der Waals surface area contributed by atoms with E-state index in [1.807, 2.05) is 0 Å². The minimum Gasteiger partial charge on any atom is -0.0586 e. The summed E-state index contributed by atoms with van der Waals surface area (Å²) in [6, 6.07) is 0.606. The second kappa shape index (κ2) is 3.58. The van der Waals surface area contributed by atoms with Gasteiger partial charge >= 0.3 is 0 Å². The average molecular weight is 87.9 g/mol. The molecule has 0 saturated carbocycles. The van der Waals surface area contributed by atoms with E-state index in [1.165, 1.54) is 0 Å². The zero-order valence-electron chi connectivity index (χ0n) is 2.14. The van der Waals surface area contributed by atoms with Crippen LogP contribution in [0.5, 0.6) is 0 Å². The third-order valence-electron chi connectivity index (χ3n) is 0.0745. The van der Waals surface area contributed by atoms with Crippen molar-refractivity contribution in [1.29, 1.82) is 0 Å². The minimum atomic E-state index is 0.606. The summed E-state index contributed by atoms with van der Waals surface area (Å²) in [5.41, 5.74) is 0. The van der Waals surface area contributed by atoms with Crippen LogP contribution in [0.3, 0.4) is 0 Å². The van der Waals surface area contributed by atoms with Crippen LogP contribution < -0.4 is 0 Å². The van der Waals surface area contributed by atoms with Gasteiger partial charge < -0.3 is 0 Å². The van der Waals surface area contributed by atoms with Crippen molar-refractivity contribution in [3.05, 3.63) is 0 Å². The molecular formula is CH2BPS. The molecule has 0 aliphatic heterocycles. The van der Waals surface area contributed by atoms with Gasteiger partial charge in [0.1, 0.15) is 0 Å². The Bertz CT molecular complexity index is 22.0. The molecule has 3 heteroatoms. The zero-order chi connectivity index (χ0) is 3.41. The Hall–Kier alpha value is 0.585. The second-order valence-electron chi connectivity index (χ2n) is 0.312. The highest BCUT2D eigenvalue weighted by molar-refractivity contribution is 7.96. The highest BCUT2D eigenvalue weighted by Crippen LogP contribution is 1.79. The van der Waals surface area contributed by atoms with Crippen LogP contribution in [-0.2, 0) is 11.8 Å². The molecule has 0 amide bonds. The molecule has 0 aromatic rings. The van der Waals surface area contributed by atoms with Crippen LogP contribution in [0.2, 0.25) is 0 Å². The Kier molecular flexibility index (Phi) is 4.11. The third-order valence-corrected chi connectivity index (χ3v) is 0.671. The Morgan fingerprint density at radius 3 is 2.25 bits per heavy atom. The lowest BCUT2D eigenvalue weighted by Crippen LogP contribution is -1.54. The van der Waals surface area contributed by atoms with E-state index in [4.69, 9.17) is 7.85 Å². The molecule has 0 nitrogen and oxygen atoms in total. The fraction of sp³-hybridized carbons (Fsp3) is 1.00. The number of hydrogen-bond donors (Lipinski definition) is 0. The molecule has 20 valence electrons. The lowest BCUT2D eigenvalue weighted by atomic mass is 10.2. The minimum absolute atomic E-state index is 0.606. The molecule has 0 spiro atoms. The summed E-state index contributed by atoms with van der Waals surface area (Å²) < 4.78 is 0. The summed E-state index contributed by atoms with van der Waals surface area (Å²) in [4.78, 5) is 0. The third kappa shape index (κ3) is 2.58. The van der Waals surface area contributed by atoms with Crippen molar-refractivity contribution in [3.63, 3.8) is 0 Å². The van der Waals surface area contributed by atoms with Gasteiger partial charge in [0, 0.05) is 0 Å². The van der Waals surface area contributed by atoms with Gasteiger partial charge in [-0.3, -0.25) is 0 Å². The van der Waals surface area contributed by atoms with E-state index >= 15 is 0 Å². The molecule has 0 rings (SSSR count). The zero-order valence-corrected chi connectivity index (χ0v) is 3.85. The molecule has 2 radical (unpaired) electrons. The van der Waals surface area contributed by atoms with Crippen LogP contribution in [0.4, 0.5) is 0 Å². The van der Waals surface area contributed by atoms with Gasteiger partial charge in [-0.15, -0.1) is 0 Å². The van der Waals surface area contributed by atoms with E-state index < -0.39 is 0 Å². The fourth-order valence-corrected chi connectivity index (χ4v) is 0. The number of hydrogen-bond acceptors (Lipinski definition) is 1. The van der Waals surface area contributed by atoms with Crippen molar-refractivity contribution >= 4 is 27.0 Å². The molecule has 0 aromatic heterocycles. The van der Waals surface area contributed by atoms with Crippen LogP contribution in [-0.4, -0.2) is 13.9 Å². The monoisotopic (exact) mass is 88.0 g/mol. The van der Waals surface area contributed by atoms with E-state index in [0.29, 0.717) is 6.06 Å². The summed E-state index contributed by atoms with van der Waals surface area (Å²) in [5, 5.41) is 0. The molecule has 0 aromatic carbocycles. The molecule has 0 aliphatic rings. The molecular weight excluding hydrogens is 85.9 g/mol. The maximum absolute atomic E-state index is 4.91. The maximum Gasteiger partial charge on any atom is 0.0785 e. The molecule has 0 N–H and O–H groups in total. The van der Waals surface area contributed by atoms with E-state index in [0.717, 1.165) is 7.36 Å². The molecule has 0 heterocycles. The Balaban J connectivity index is 2.30. The number of rotatable bonds is 1. The lowest BCUT2D eigenvalue weighted by Gasteiger charge is -1.53. The van der Waals surface area contributed by atoms with Crippen molar-refractivity contribution in [2.75, 3.05) is 6.06 Å². The summed E-state index contributed by atoms with van der Waals surface area (Å²) in [6.07, 6.45) is 0. The van der Waals surface area contributed by atoms with Crippen LogP contribution in [0, 0.1) is 0 Å². The molecule has 0 atom stereocenters. The first-order chi connectivity index (χ1) is 1.91. The van der Waals surface area contributed by atoms with E-state index in [9.17, 15) is 0 Å². The Morgan fingerprint density at radius 2 is 2.25 bits per heavy atom. The molecule has 0 fully saturated rings. The van der Waals surface area contributed by atoms with Crippen LogP contribution in [0.25, 0.3) is 0 Å². The SMILES string of the molecule is [B]CP=S. The van der Waals surface area contributed by atoms with Gasteiger partial charge in [0.05, 0.1) is 7.85 Å². The van der Waals surface area contributed by atoms with Crippen molar-refractivity contribution < 1.29 is 0 Å². The predicted octanol–water partition coefficient (Wildman–Crippen LogP) is 0.520. The first-order valence-electron chi connectivity index (χ1n) is 0.907. The first kappa shape index (κ1) is 4.58. The standard InChI is InChI=1S/CH2BPS/c2-1-3-4/h1H2. The molecule has 4 heavy (non-hydrogen) atoms. The lowest BCUT2D eigenvalue weighted by molar-refractivity contribution is 2.25. The molecule has 0 aliphatic carbocycles. The molecule has 0 unspecified atom stereocenters. The van der Waals surface area contributed by atoms with Gasteiger partial charge in [-0.05, 0) is 13.4 Å². The van der Waals surface area contributed by atoms with Gasteiger partial charge in [0.25, 0.3) is 0 Å². The van der Waals surface area contributed by atoms with E-state index in [-0.39, 0.29) is 0 Å². The van der Waals surface area contributed by atoms with Crippen molar-refractivity contribution in [1.82, 2.24) is 0 Å². The van der Waals surface area contributed by atoms with Crippen LogP contribution in [0.15, 0.2) is 0 Å². The fourth-order valence-electron chi connectivity index (χ4n) is 0. The Labute approximate surface area is 33.8 Å². The van der Waals surface area contributed by atoms with Crippen molar-refractivity contribution in [2.45, 2.75) is 0 Å². The highest BCUT2D eigenvalue weighted by Gasteiger charge is 1.50. The molecule has 0 saturated heterocycles. The van der Waals surface area contributed by atoms with Gasteiger partial charge in [-0.25, -0.2) is 0 Å². The second-order valence-corrected chi connectivity index (χ2v) is 1.71. The first-order valence-corrected chi connectivity index (χ1v) is 3.00. The Morgan fingerprint density at radius 1 is 2.00 bits per heavy atom. The van der Waals surface area contributed by atoms with E-state index in [2.05, 4.69) is 11.8 Å². The summed E-state index contributed by atoms with van der Waals surface area (Å²) in [7, 11) is 5.77. The van der Waals surface area contributed by atoms with E-state index in [1.54, 1.807) is 0 Å². The highest BCUT2D eigenvalue weighted by atomic mass is 32.4. The topological polar surface area (TPSA) is 0 Å². The van der Waals surface area contributed by atoms with Gasteiger partial charge in [0.15, 0.2) is 0 Å². The van der Waals surface area contributed by atoms with Gasteiger partial charge in [-0.1, -0.05) is 11.8 Å². The normalized spacial score (nSPS) is 8.00. The summed E-state index contributed by atoms with van der Waals surface area (Å²) in [6.45, 7) is 0. The quantitative estimate of drug-likeness (QED) is 0.332. The van der Waals surface area contributed by atoms with Gasteiger partial charge in [-0.2, -0.15) is 0 Å². The average Bonchev–Trinajstić information content (AvgIpc) is 1.37. The summed E-state index contributed by atoms with van der Waals surface area (Å²) >= 11 is 4.40. The largest absolute Gasteiger partial charge is 0.0785 e. The smallest absolute Gasteiger partial charge is 0.0586 e. The van der Waals surface area contributed by atoms with Crippen molar-refractivity contribution in [2.24, 2.45) is 0 Å². The van der Waals surface area contributed by atoms with Gasteiger partial charge in [0.2, 0.25) is 0 Å². The van der Waals surface area contributed by atoms with Crippen LogP contribution in [0.1, 0.15) is 0 Å². The predicted molar refractivity (Wildman–Crippen MR) is 24.9 cm³/mol.